The van der Waals surface area contributed by atoms with Gasteiger partial charge in [-0.15, -0.1) is 0 Å². The van der Waals surface area contributed by atoms with Crippen LogP contribution in [0.15, 0.2) is 18.2 Å². The van der Waals surface area contributed by atoms with Crippen molar-refractivity contribution in [2.75, 3.05) is 20.2 Å². The van der Waals surface area contributed by atoms with Gasteiger partial charge in [-0.1, -0.05) is 19.4 Å². The zero-order valence-electron chi connectivity index (χ0n) is 13.3. The number of esters is 1. The van der Waals surface area contributed by atoms with E-state index in [4.69, 9.17) is 4.74 Å². The van der Waals surface area contributed by atoms with E-state index in [0.29, 0.717) is 12.1 Å². The molecule has 0 spiro atoms. The number of phenols is 2. The van der Waals surface area contributed by atoms with Crippen molar-refractivity contribution < 1.29 is 24.9 Å². The number of carbonyl (C=O) groups is 1. The van der Waals surface area contributed by atoms with Crippen LogP contribution >= 0.6 is 0 Å². The first kappa shape index (κ1) is 18.3. The monoisotopic (exact) mass is 311 g/mol. The summed E-state index contributed by atoms with van der Waals surface area (Å²) in [6.45, 7) is 4.62. The lowest BCUT2D eigenvalue weighted by molar-refractivity contribution is -0.153. The minimum atomic E-state index is -1.16. The summed E-state index contributed by atoms with van der Waals surface area (Å²) >= 11 is 0. The number of hydrogen-bond acceptors (Lipinski definition) is 6. The molecule has 0 amide bonds. The number of unbranched alkanes of at least 4 members (excludes halogenated alkanes) is 1. The molecular weight excluding hydrogens is 286 g/mol. The van der Waals surface area contributed by atoms with Gasteiger partial charge in [0.05, 0.1) is 6.61 Å². The Bertz CT molecular complexity index is 491. The number of carbonyl (C=O) groups excluding carboxylic acids is 1. The van der Waals surface area contributed by atoms with Crippen LogP contribution in [0.1, 0.15) is 38.4 Å². The molecule has 0 aliphatic carbocycles. The number of aliphatic hydroxyl groups excluding tert-OH is 1. The molecule has 0 aliphatic rings. The van der Waals surface area contributed by atoms with Gasteiger partial charge in [-0.2, -0.15) is 0 Å². The summed E-state index contributed by atoms with van der Waals surface area (Å²) in [6, 6.07) is 3.14. The Labute approximate surface area is 130 Å². The van der Waals surface area contributed by atoms with Crippen molar-refractivity contribution in [1.82, 2.24) is 4.90 Å². The molecule has 1 rings (SSSR count). The average Bonchev–Trinajstić information content (AvgIpc) is 2.48. The third kappa shape index (κ3) is 4.61. The standard InChI is InChI=1S/C16H25NO5/c1-4-6-9-17(3)14(16(21)22-5-2)15(20)11-7-8-12(18)13(19)10-11/h7-8,10,14-15,18-20H,4-6,9H2,1-3H3/t14-,15?/m0/s1. The van der Waals surface area contributed by atoms with Gasteiger partial charge in [-0.05, 0) is 44.6 Å². The van der Waals surface area contributed by atoms with Gasteiger partial charge >= 0.3 is 5.97 Å². The molecule has 0 saturated heterocycles. The maximum absolute atomic E-state index is 12.2. The number of hydrogen-bond donors (Lipinski definition) is 3. The molecule has 6 heteroatoms. The van der Waals surface area contributed by atoms with E-state index in [1.807, 2.05) is 6.92 Å². The summed E-state index contributed by atoms with van der Waals surface area (Å²) in [5.41, 5.74) is 0.344. The molecule has 1 unspecified atom stereocenters. The largest absolute Gasteiger partial charge is 0.504 e. The second kappa shape index (κ2) is 8.60. The molecule has 0 radical (unpaired) electrons. The average molecular weight is 311 g/mol. The smallest absolute Gasteiger partial charge is 0.326 e. The van der Waals surface area contributed by atoms with E-state index in [1.54, 1.807) is 18.9 Å². The Kier molecular flexibility index (Phi) is 7.14. The van der Waals surface area contributed by atoms with Crippen molar-refractivity contribution in [3.8, 4) is 11.5 Å². The number of likely N-dealkylation sites (N-methyl/N-ethyl adjacent to an activating group) is 1. The fourth-order valence-electron chi connectivity index (χ4n) is 2.23. The second-order valence-electron chi connectivity index (χ2n) is 5.22. The molecule has 3 N–H and O–H groups in total. The molecule has 1 aromatic rings. The Morgan fingerprint density at radius 3 is 2.50 bits per heavy atom. The molecule has 2 atom stereocenters. The summed E-state index contributed by atoms with van der Waals surface area (Å²) in [4.78, 5) is 13.9. The second-order valence-corrected chi connectivity index (χ2v) is 5.22. The van der Waals surface area contributed by atoms with Crippen molar-refractivity contribution in [3.63, 3.8) is 0 Å². The van der Waals surface area contributed by atoms with Gasteiger partial charge in [0.15, 0.2) is 11.5 Å². The Hall–Kier alpha value is -1.79. The molecule has 0 aliphatic heterocycles. The highest BCUT2D eigenvalue weighted by Crippen LogP contribution is 2.30. The highest BCUT2D eigenvalue weighted by molar-refractivity contribution is 5.77. The fourth-order valence-corrected chi connectivity index (χ4v) is 2.23. The molecule has 0 heterocycles. The highest BCUT2D eigenvalue weighted by atomic mass is 16.5. The fraction of sp³-hybridized carbons (Fsp3) is 0.562. The van der Waals surface area contributed by atoms with Crippen LogP contribution in [0.4, 0.5) is 0 Å². The van der Waals surface area contributed by atoms with Crippen LogP contribution in [0.3, 0.4) is 0 Å². The molecule has 1 aromatic carbocycles. The van der Waals surface area contributed by atoms with Gasteiger partial charge in [0.25, 0.3) is 0 Å². The van der Waals surface area contributed by atoms with Gasteiger partial charge in [0.2, 0.25) is 0 Å². The third-order valence-corrected chi connectivity index (χ3v) is 3.51. The van der Waals surface area contributed by atoms with Crippen molar-refractivity contribution in [3.05, 3.63) is 23.8 Å². The number of nitrogens with zero attached hydrogens (tertiary/aromatic N) is 1. The summed E-state index contributed by atoms with van der Waals surface area (Å²) in [7, 11) is 1.75. The summed E-state index contributed by atoms with van der Waals surface area (Å²) in [5.74, 6) is -1.13. The van der Waals surface area contributed by atoms with E-state index >= 15 is 0 Å². The molecule has 0 fully saturated rings. The van der Waals surface area contributed by atoms with E-state index in [1.165, 1.54) is 18.2 Å². The van der Waals surface area contributed by atoms with Gasteiger partial charge < -0.3 is 20.1 Å². The van der Waals surface area contributed by atoms with Crippen molar-refractivity contribution in [1.29, 1.82) is 0 Å². The Morgan fingerprint density at radius 1 is 1.27 bits per heavy atom. The molecule has 22 heavy (non-hydrogen) atoms. The van der Waals surface area contributed by atoms with E-state index in [-0.39, 0.29) is 18.1 Å². The first-order valence-corrected chi connectivity index (χ1v) is 7.49. The molecule has 0 aromatic heterocycles. The maximum atomic E-state index is 12.2. The van der Waals surface area contributed by atoms with Gasteiger partial charge in [0.1, 0.15) is 12.1 Å². The lowest BCUT2D eigenvalue weighted by Gasteiger charge is -2.30. The van der Waals surface area contributed by atoms with Gasteiger partial charge in [0, 0.05) is 0 Å². The number of phenolic OH excluding ortho intramolecular Hbond substituents is 2. The number of benzene rings is 1. The Balaban J connectivity index is 3.02. The number of aliphatic hydroxyl groups is 1. The van der Waals surface area contributed by atoms with Gasteiger partial charge in [-0.3, -0.25) is 9.69 Å². The van der Waals surface area contributed by atoms with E-state index in [0.717, 1.165) is 12.8 Å². The minimum Gasteiger partial charge on any atom is -0.504 e. The molecular formula is C16H25NO5. The summed E-state index contributed by atoms with van der Waals surface area (Å²) in [5, 5.41) is 29.4. The zero-order valence-corrected chi connectivity index (χ0v) is 13.3. The van der Waals surface area contributed by atoms with E-state index < -0.39 is 18.1 Å². The van der Waals surface area contributed by atoms with Crippen LogP contribution in [-0.2, 0) is 9.53 Å². The minimum absolute atomic E-state index is 0.227. The van der Waals surface area contributed by atoms with Crippen LogP contribution in [0.25, 0.3) is 0 Å². The van der Waals surface area contributed by atoms with Crippen molar-refractivity contribution in [2.45, 2.75) is 38.8 Å². The molecule has 124 valence electrons. The maximum Gasteiger partial charge on any atom is 0.326 e. The van der Waals surface area contributed by atoms with E-state index in [9.17, 15) is 20.1 Å². The van der Waals surface area contributed by atoms with Gasteiger partial charge in [-0.25, -0.2) is 0 Å². The third-order valence-electron chi connectivity index (χ3n) is 3.51. The Morgan fingerprint density at radius 2 is 1.95 bits per heavy atom. The molecule has 6 nitrogen and oxygen atoms in total. The predicted molar refractivity (Wildman–Crippen MR) is 82.7 cm³/mol. The lowest BCUT2D eigenvalue weighted by Crippen LogP contribution is -2.44. The number of ether oxygens (including phenoxy) is 1. The molecule has 0 saturated carbocycles. The normalized spacial score (nSPS) is 13.9. The van der Waals surface area contributed by atoms with Crippen LogP contribution in [0, 0.1) is 0 Å². The quantitative estimate of drug-likeness (QED) is 0.501. The highest BCUT2D eigenvalue weighted by Gasteiger charge is 2.33. The van der Waals surface area contributed by atoms with Crippen molar-refractivity contribution >= 4 is 5.97 Å². The zero-order chi connectivity index (χ0) is 16.7. The van der Waals surface area contributed by atoms with Crippen LogP contribution in [0.5, 0.6) is 11.5 Å². The van der Waals surface area contributed by atoms with Crippen molar-refractivity contribution in [2.24, 2.45) is 0 Å². The summed E-state index contributed by atoms with van der Waals surface area (Å²) < 4.78 is 5.05. The number of rotatable bonds is 8. The van der Waals surface area contributed by atoms with Crippen LogP contribution in [-0.4, -0.2) is 52.4 Å². The predicted octanol–water partition coefficient (Wildman–Crippen LogP) is 1.79. The number of aromatic hydroxyl groups is 2. The SMILES string of the molecule is CCCCN(C)[C@H](C(=O)OCC)C(O)c1ccc(O)c(O)c1. The molecule has 0 bridgehead atoms. The lowest BCUT2D eigenvalue weighted by atomic mass is 10.0. The summed E-state index contributed by atoms with van der Waals surface area (Å²) in [6.07, 6.45) is 0.697. The van der Waals surface area contributed by atoms with E-state index in [2.05, 4.69) is 0 Å². The first-order chi connectivity index (χ1) is 10.4. The topological polar surface area (TPSA) is 90.2 Å². The van der Waals surface area contributed by atoms with Crippen LogP contribution in [0.2, 0.25) is 0 Å². The first-order valence-electron chi connectivity index (χ1n) is 7.49. The van der Waals surface area contributed by atoms with Crippen LogP contribution < -0.4 is 0 Å².